The van der Waals surface area contributed by atoms with E-state index in [1.165, 1.54) is 20.3 Å². The first kappa shape index (κ1) is 28.1. The lowest BCUT2D eigenvalue weighted by molar-refractivity contribution is -0.302. The lowest BCUT2D eigenvalue weighted by Gasteiger charge is -2.40. The SMILES string of the molecule is COCC=Cc1cc(OC)c2c(c1)[C@H](CO[C@@H]1O[C@H](CO)[C@@H](O)[C@H](O)[C@H]1O)[C@@H](c1ccc(O)c(OC)c1)O2. The third-order valence-corrected chi connectivity index (χ3v) is 6.73. The van der Waals surface area contributed by atoms with Crippen molar-refractivity contribution in [2.45, 2.75) is 42.7 Å². The quantitative estimate of drug-likeness (QED) is 0.297. The van der Waals surface area contributed by atoms with Crippen LogP contribution in [0.3, 0.4) is 0 Å². The second-order valence-corrected chi connectivity index (χ2v) is 9.11. The topological polar surface area (TPSA) is 157 Å². The average Bonchev–Trinajstić information content (AvgIpc) is 3.29. The molecule has 2 aromatic carbocycles. The van der Waals surface area contributed by atoms with Gasteiger partial charge >= 0.3 is 0 Å². The van der Waals surface area contributed by atoms with E-state index in [9.17, 15) is 25.5 Å². The van der Waals surface area contributed by atoms with Crippen molar-refractivity contribution in [3.05, 3.63) is 53.1 Å². The van der Waals surface area contributed by atoms with Crippen LogP contribution < -0.4 is 14.2 Å². The van der Waals surface area contributed by atoms with Crippen molar-refractivity contribution in [2.75, 3.05) is 41.2 Å². The molecule has 1 fully saturated rings. The van der Waals surface area contributed by atoms with E-state index >= 15 is 0 Å². The highest BCUT2D eigenvalue weighted by molar-refractivity contribution is 5.62. The van der Waals surface area contributed by atoms with Crippen LogP contribution in [0.4, 0.5) is 0 Å². The Kier molecular flexibility index (Phi) is 9.11. The summed E-state index contributed by atoms with van der Waals surface area (Å²) in [5, 5.41) is 50.3. The van der Waals surface area contributed by atoms with Crippen molar-refractivity contribution in [3.8, 4) is 23.0 Å². The highest BCUT2D eigenvalue weighted by Crippen LogP contribution is 2.52. The fourth-order valence-corrected chi connectivity index (χ4v) is 4.70. The van der Waals surface area contributed by atoms with Gasteiger partial charge in [-0.1, -0.05) is 18.2 Å². The summed E-state index contributed by atoms with van der Waals surface area (Å²) in [4.78, 5) is 0. The number of methoxy groups -OCH3 is 3. The second-order valence-electron chi connectivity index (χ2n) is 9.11. The molecule has 5 N–H and O–H groups in total. The number of hydrogen-bond acceptors (Lipinski definition) is 11. The molecule has 2 aliphatic heterocycles. The molecule has 11 heteroatoms. The monoisotopic (exact) mass is 534 g/mol. The highest BCUT2D eigenvalue weighted by Gasteiger charge is 2.45. The molecule has 2 heterocycles. The molecule has 2 aliphatic rings. The number of ether oxygens (including phenoxy) is 6. The van der Waals surface area contributed by atoms with E-state index in [-0.39, 0.29) is 18.1 Å². The van der Waals surface area contributed by atoms with E-state index < -0.39 is 49.3 Å². The summed E-state index contributed by atoms with van der Waals surface area (Å²) < 4.78 is 33.8. The van der Waals surface area contributed by atoms with Crippen molar-refractivity contribution < 1.29 is 54.0 Å². The number of aromatic hydroxyl groups is 1. The highest BCUT2D eigenvalue weighted by atomic mass is 16.7. The number of rotatable bonds is 10. The van der Waals surface area contributed by atoms with Crippen molar-refractivity contribution >= 4 is 6.08 Å². The maximum atomic E-state index is 10.5. The van der Waals surface area contributed by atoms with Gasteiger partial charge in [0.05, 0.1) is 40.0 Å². The minimum absolute atomic E-state index is 0.0240. The van der Waals surface area contributed by atoms with Crippen LogP contribution >= 0.6 is 0 Å². The Morgan fingerprint density at radius 1 is 0.947 bits per heavy atom. The fourth-order valence-electron chi connectivity index (χ4n) is 4.70. The Morgan fingerprint density at radius 3 is 2.39 bits per heavy atom. The van der Waals surface area contributed by atoms with Gasteiger partial charge in [-0.2, -0.15) is 0 Å². The summed E-state index contributed by atoms with van der Waals surface area (Å²) in [6.07, 6.45) is -3.86. The van der Waals surface area contributed by atoms with Gasteiger partial charge < -0.3 is 54.0 Å². The third-order valence-electron chi connectivity index (χ3n) is 6.73. The van der Waals surface area contributed by atoms with Crippen LogP contribution in [0.25, 0.3) is 6.08 Å². The molecule has 1 saturated heterocycles. The number of aliphatic hydroxyl groups is 4. The summed E-state index contributed by atoms with van der Waals surface area (Å²) in [6, 6.07) is 8.65. The minimum atomic E-state index is -1.56. The minimum Gasteiger partial charge on any atom is -0.504 e. The first-order valence-corrected chi connectivity index (χ1v) is 12.2. The van der Waals surface area contributed by atoms with Crippen LogP contribution in [-0.2, 0) is 14.2 Å². The zero-order chi connectivity index (χ0) is 27.4. The Morgan fingerprint density at radius 2 is 1.71 bits per heavy atom. The number of hydrogen-bond donors (Lipinski definition) is 5. The first-order chi connectivity index (χ1) is 18.3. The number of fused-ring (bicyclic) bond motifs is 1. The number of phenols is 1. The summed E-state index contributed by atoms with van der Waals surface area (Å²) in [6.45, 7) is -0.169. The summed E-state index contributed by atoms with van der Waals surface area (Å²) in [5.41, 5.74) is 2.29. The van der Waals surface area contributed by atoms with E-state index in [1.54, 1.807) is 19.2 Å². The average molecular weight is 535 g/mol. The van der Waals surface area contributed by atoms with Crippen LogP contribution in [0.2, 0.25) is 0 Å². The van der Waals surface area contributed by atoms with Gasteiger partial charge in [-0.3, -0.25) is 0 Å². The Labute approximate surface area is 220 Å². The van der Waals surface area contributed by atoms with Crippen LogP contribution in [0.1, 0.15) is 28.7 Å². The maximum absolute atomic E-state index is 10.5. The molecule has 0 amide bonds. The maximum Gasteiger partial charge on any atom is 0.186 e. The van der Waals surface area contributed by atoms with Gasteiger partial charge in [-0.15, -0.1) is 0 Å². The van der Waals surface area contributed by atoms with Gasteiger partial charge in [0.1, 0.15) is 30.5 Å². The van der Waals surface area contributed by atoms with E-state index in [4.69, 9.17) is 28.4 Å². The van der Waals surface area contributed by atoms with Gasteiger partial charge in [0.15, 0.2) is 29.3 Å². The van der Waals surface area contributed by atoms with Crippen molar-refractivity contribution in [1.82, 2.24) is 0 Å². The normalized spacial score (nSPS) is 28.8. The first-order valence-electron chi connectivity index (χ1n) is 12.2. The van der Waals surface area contributed by atoms with E-state index in [0.29, 0.717) is 23.7 Å². The zero-order valence-corrected chi connectivity index (χ0v) is 21.4. The molecule has 0 radical (unpaired) electrons. The predicted octanol–water partition coefficient (Wildman–Crippen LogP) is 1.10. The summed E-state index contributed by atoms with van der Waals surface area (Å²) >= 11 is 0. The third kappa shape index (κ3) is 5.59. The number of benzene rings is 2. The van der Waals surface area contributed by atoms with Gasteiger partial charge in [-0.25, -0.2) is 0 Å². The van der Waals surface area contributed by atoms with Gasteiger partial charge in [0.2, 0.25) is 0 Å². The van der Waals surface area contributed by atoms with Crippen molar-refractivity contribution in [1.29, 1.82) is 0 Å². The molecule has 4 rings (SSSR count). The van der Waals surface area contributed by atoms with E-state index in [2.05, 4.69) is 0 Å². The van der Waals surface area contributed by atoms with Crippen LogP contribution in [-0.4, -0.2) is 97.4 Å². The molecule has 0 saturated carbocycles. The van der Waals surface area contributed by atoms with Crippen molar-refractivity contribution in [3.63, 3.8) is 0 Å². The summed E-state index contributed by atoms with van der Waals surface area (Å²) in [7, 11) is 4.59. The molecule has 2 aromatic rings. The molecular weight excluding hydrogens is 500 g/mol. The lowest BCUT2D eigenvalue weighted by Crippen LogP contribution is -2.59. The van der Waals surface area contributed by atoms with Crippen molar-refractivity contribution in [2.24, 2.45) is 0 Å². The molecule has 7 atom stereocenters. The number of aliphatic hydroxyl groups excluding tert-OH is 4. The molecular formula is C27H34O11. The number of phenolic OH excluding ortho intramolecular Hbond substituents is 1. The molecule has 0 unspecified atom stereocenters. The van der Waals surface area contributed by atoms with Gasteiger partial charge in [0, 0.05) is 12.7 Å². The summed E-state index contributed by atoms with van der Waals surface area (Å²) in [5.74, 6) is 0.813. The predicted molar refractivity (Wildman–Crippen MR) is 134 cm³/mol. The Hall–Kier alpha value is -2.90. The van der Waals surface area contributed by atoms with Gasteiger partial charge in [0.25, 0.3) is 0 Å². The molecule has 38 heavy (non-hydrogen) atoms. The zero-order valence-electron chi connectivity index (χ0n) is 21.4. The van der Waals surface area contributed by atoms with E-state index in [0.717, 1.165) is 11.1 Å². The molecule has 208 valence electrons. The standard InChI is InChI=1S/C27H34O11/c1-33-8-4-5-14-9-16-17(13-36-27-24(32)23(31)22(30)21(12-28)37-27)25(38-26(16)20(10-14)35-3)15-6-7-18(29)19(11-15)34-2/h4-7,9-11,17,21-25,27-32H,8,12-13H2,1-3H3/t17-,21+,22+,23-,24+,25+,27+/m0/s1. The largest absolute Gasteiger partial charge is 0.504 e. The van der Waals surface area contributed by atoms with Crippen LogP contribution in [0.5, 0.6) is 23.0 Å². The Balaban J connectivity index is 1.69. The smallest absolute Gasteiger partial charge is 0.186 e. The molecule has 11 nitrogen and oxygen atoms in total. The Bertz CT molecular complexity index is 1120. The molecule has 0 spiro atoms. The molecule has 0 bridgehead atoms. The molecule has 0 aromatic heterocycles. The van der Waals surface area contributed by atoms with Gasteiger partial charge in [-0.05, 0) is 35.4 Å². The van der Waals surface area contributed by atoms with Crippen LogP contribution in [0, 0.1) is 0 Å². The van der Waals surface area contributed by atoms with Crippen LogP contribution in [0.15, 0.2) is 36.4 Å². The second kappa shape index (κ2) is 12.3. The molecule has 0 aliphatic carbocycles. The van der Waals surface area contributed by atoms with E-state index in [1.807, 2.05) is 24.3 Å². The lowest BCUT2D eigenvalue weighted by atomic mass is 9.90. The fraction of sp³-hybridized carbons (Fsp3) is 0.481.